The molecule has 0 unspecified atom stereocenters. The summed E-state index contributed by atoms with van der Waals surface area (Å²) < 4.78 is 11.3. The minimum atomic E-state index is -0.137. The molecule has 1 heterocycles. The van der Waals surface area contributed by atoms with Crippen molar-refractivity contribution >= 4 is 11.6 Å². The normalized spacial score (nSPS) is 13.3. The number of carbonyl (C=O) groups is 1. The van der Waals surface area contributed by atoms with Gasteiger partial charge in [-0.1, -0.05) is 12.1 Å². The maximum atomic E-state index is 12.3. The summed E-state index contributed by atoms with van der Waals surface area (Å²) in [6.07, 6.45) is 0.870. The Morgan fingerprint density at radius 2 is 1.91 bits per heavy atom. The highest BCUT2D eigenvalue weighted by Gasteiger charge is 2.12. The Morgan fingerprint density at radius 1 is 1.13 bits per heavy atom. The van der Waals surface area contributed by atoms with Crippen molar-refractivity contribution in [3.05, 3.63) is 53.1 Å². The average Bonchev–Trinajstić information content (AvgIpc) is 2.79. The van der Waals surface area contributed by atoms with E-state index in [1.54, 1.807) is 12.1 Å². The summed E-state index contributed by atoms with van der Waals surface area (Å²) in [6, 6.07) is 11.0. The van der Waals surface area contributed by atoms with Crippen molar-refractivity contribution in [3.63, 3.8) is 0 Å². The lowest BCUT2D eigenvalue weighted by molar-refractivity contribution is 0.0950. The summed E-state index contributed by atoms with van der Waals surface area (Å²) in [7, 11) is 0. The number of nitrogen functional groups attached to an aromatic ring is 1. The van der Waals surface area contributed by atoms with Crippen LogP contribution in [0.4, 0.5) is 5.69 Å². The van der Waals surface area contributed by atoms with Gasteiger partial charge in [0.1, 0.15) is 0 Å². The Morgan fingerprint density at radius 3 is 2.74 bits per heavy atom. The van der Waals surface area contributed by atoms with Gasteiger partial charge < -0.3 is 20.5 Å². The molecular formula is C18H20N2O3. The van der Waals surface area contributed by atoms with Crippen molar-refractivity contribution in [3.8, 4) is 11.5 Å². The molecule has 0 aliphatic carbocycles. The highest BCUT2D eigenvalue weighted by atomic mass is 16.5. The molecule has 23 heavy (non-hydrogen) atoms. The number of fused-ring (bicyclic) bond motifs is 1. The topological polar surface area (TPSA) is 73.6 Å². The summed E-state index contributed by atoms with van der Waals surface area (Å²) in [5.41, 5.74) is 8.79. The molecule has 0 atom stereocenters. The highest BCUT2D eigenvalue weighted by molar-refractivity contribution is 5.96. The number of anilines is 1. The summed E-state index contributed by atoms with van der Waals surface area (Å²) in [5, 5.41) is 2.91. The summed E-state index contributed by atoms with van der Waals surface area (Å²) in [6.45, 7) is 3.62. The Kier molecular flexibility index (Phi) is 4.37. The third-order valence-electron chi connectivity index (χ3n) is 3.77. The zero-order valence-corrected chi connectivity index (χ0v) is 13.1. The van der Waals surface area contributed by atoms with Crippen molar-refractivity contribution in [1.82, 2.24) is 5.32 Å². The van der Waals surface area contributed by atoms with Gasteiger partial charge in [0, 0.05) is 24.2 Å². The Labute approximate surface area is 135 Å². The van der Waals surface area contributed by atoms with E-state index in [-0.39, 0.29) is 5.91 Å². The molecule has 3 rings (SSSR count). The average molecular weight is 312 g/mol. The molecule has 1 aliphatic heterocycles. The van der Waals surface area contributed by atoms with Crippen LogP contribution in [0.15, 0.2) is 36.4 Å². The van der Waals surface area contributed by atoms with Crippen LogP contribution in [0.1, 0.15) is 27.9 Å². The van der Waals surface area contributed by atoms with Gasteiger partial charge in [-0.25, -0.2) is 0 Å². The number of hydrogen-bond donors (Lipinski definition) is 2. The molecule has 0 fully saturated rings. The molecule has 0 saturated carbocycles. The van der Waals surface area contributed by atoms with Crippen LogP contribution in [0.3, 0.4) is 0 Å². The van der Waals surface area contributed by atoms with Crippen LogP contribution in [0, 0.1) is 6.92 Å². The lowest BCUT2D eigenvalue weighted by Crippen LogP contribution is -2.23. The molecule has 5 heteroatoms. The number of nitrogens with two attached hydrogens (primary N) is 1. The molecule has 0 saturated heterocycles. The third kappa shape index (κ3) is 3.56. The number of nitrogens with one attached hydrogen (secondary N) is 1. The van der Waals surface area contributed by atoms with E-state index in [1.165, 1.54) is 0 Å². The Bertz CT molecular complexity index is 728. The monoisotopic (exact) mass is 312 g/mol. The van der Waals surface area contributed by atoms with Gasteiger partial charge in [-0.3, -0.25) is 4.79 Å². The van der Waals surface area contributed by atoms with Gasteiger partial charge in [0.05, 0.1) is 13.2 Å². The minimum absolute atomic E-state index is 0.137. The summed E-state index contributed by atoms with van der Waals surface area (Å²) in [4.78, 5) is 12.3. The van der Waals surface area contributed by atoms with Crippen LogP contribution in [-0.2, 0) is 6.54 Å². The maximum Gasteiger partial charge on any atom is 0.251 e. The zero-order chi connectivity index (χ0) is 16.2. The first-order valence-corrected chi connectivity index (χ1v) is 7.66. The maximum absolute atomic E-state index is 12.3. The van der Waals surface area contributed by atoms with Crippen LogP contribution in [-0.4, -0.2) is 19.1 Å². The van der Waals surface area contributed by atoms with Crippen molar-refractivity contribution in [2.75, 3.05) is 18.9 Å². The fourth-order valence-electron chi connectivity index (χ4n) is 2.48. The summed E-state index contributed by atoms with van der Waals surface area (Å²) >= 11 is 0. The van der Waals surface area contributed by atoms with Gasteiger partial charge in [0.15, 0.2) is 11.5 Å². The second-order valence-corrected chi connectivity index (χ2v) is 5.59. The molecule has 2 aromatic rings. The third-order valence-corrected chi connectivity index (χ3v) is 3.77. The highest BCUT2D eigenvalue weighted by Crippen LogP contribution is 2.30. The fraction of sp³-hybridized carbons (Fsp3) is 0.278. The molecule has 120 valence electrons. The predicted octanol–water partition coefficient (Wildman–Crippen LogP) is 2.67. The largest absolute Gasteiger partial charge is 0.490 e. The van der Waals surface area contributed by atoms with E-state index in [4.69, 9.17) is 15.2 Å². The first-order valence-electron chi connectivity index (χ1n) is 7.66. The molecule has 1 amide bonds. The number of ether oxygens (including phenoxy) is 2. The number of benzene rings is 2. The molecule has 5 nitrogen and oxygen atoms in total. The lowest BCUT2D eigenvalue weighted by Gasteiger charge is -2.11. The van der Waals surface area contributed by atoms with E-state index < -0.39 is 0 Å². The van der Waals surface area contributed by atoms with Crippen LogP contribution in [0.25, 0.3) is 0 Å². The SMILES string of the molecule is Cc1ccc(N)cc1C(=O)NCc1ccc2c(c1)OCCCO2. The van der Waals surface area contributed by atoms with Crippen molar-refractivity contribution in [2.24, 2.45) is 0 Å². The van der Waals surface area contributed by atoms with Gasteiger partial charge in [-0.05, 0) is 42.3 Å². The second kappa shape index (κ2) is 6.60. The first kappa shape index (κ1) is 15.2. The number of amides is 1. The van der Waals surface area contributed by atoms with Crippen LogP contribution >= 0.6 is 0 Å². The second-order valence-electron chi connectivity index (χ2n) is 5.59. The molecule has 2 aromatic carbocycles. The zero-order valence-electron chi connectivity index (χ0n) is 13.1. The first-order chi connectivity index (χ1) is 11.1. The van der Waals surface area contributed by atoms with E-state index in [9.17, 15) is 4.79 Å². The van der Waals surface area contributed by atoms with E-state index in [2.05, 4.69) is 5.32 Å². The van der Waals surface area contributed by atoms with Crippen LogP contribution in [0.2, 0.25) is 0 Å². The van der Waals surface area contributed by atoms with Gasteiger partial charge >= 0.3 is 0 Å². The van der Waals surface area contributed by atoms with Gasteiger partial charge in [-0.15, -0.1) is 0 Å². The molecule has 0 radical (unpaired) electrons. The molecule has 3 N–H and O–H groups in total. The van der Waals surface area contributed by atoms with E-state index in [0.29, 0.717) is 31.0 Å². The molecular weight excluding hydrogens is 292 g/mol. The van der Waals surface area contributed by atoms with Gasteiger partial charge in [0.25, 0.3) is 5.91 Å². The molecule has 0 aromatic heterocycles. The molecule has 0 spiro atoms. The standard InChI is InChI=1S/C18H20N2O3/c1-12-3-5-14(19)10-15(12)18(21)20-11-13-4-6-16-17(9-13)23-8-2-7-22-16/h3-6,9-10H,2,7-8,11,19H2,1H3,(H,20,21). The van der Waals surface area contributed by atoms with Gasteiger partial charge in [-0.2, -0.15) is 0 Å². The van der Waals surface area contributed by atoms with Crippen molar-refractivity contribution in [2.45, 2.75) is 19.9 Å². The fourth-order valence-corrected chi connectivity index (χ4v) is 2.48. The molecule has 1 aliphatic rings. The van der Waals surface area contributed by atoms with Crippen LogP contribution in [0.5, 0.6) is 11.5 Å². The number of rotatable bonds is 3. The lowest BCUT2D eigenvalue weighted by atomic mass is 10.1. The Hall–Kier alpha value is -2.69. The van der Waals surface area contributed by atoms with E-state index in [1.807, 2.05) is 31.2 Å². The number of hydrogen-bond acceptors (Lipinski definition) is 4. The van der Waals surface area contributed by atoms with Crippen LogP contribution < -0.4 is 20.5 Å². The Balaban J connectivity index is 1.69. The smallest absolute Gasteiger partial charge is 0.251 e. The summed E-state index contributed by atoms with van der Waals surface area (Å²) in [5.74, 6) is 1.35. The minimum Gasteiger partial charge on any atom is -0.490 e. The van der Waals surface area contributed by atoms with Gasteiger partial charge in [0.2, 0.25) is 0 Å². The molecule has 0 bridgehead atoms. The van der Waals surface area contributed by atoms with Crippen molar-refractivity contribution in [1.29, 1.82) is 0 Å². The van der Waals surface area contributed by atoms with E-state index >= 15 is 0 Å². The van der Waals surface area contributed by atoms with Crippen molar-refractivity contribution < 1.29 is 14.3 Å². The van der Waals surface area contributed by atoms with E-state index in [0.717, 1.165) is 29.0 Å². The number of aryl methyl sites for hydroxylation is 1. The quantitative estimate of drug-likeness (QED) is 0.855. The predicted molar refractivity (Wildman–Crippen MR) is 88.8 cm³/mol. The number of carbonyl (C=O) groups excluding carboxylic acids is 1.